The monoisotopic (exact) mass is 420 g/mol. The second-order valence-corrected chi connectivity index (χ2v) is 8.72. The van der Waals surface area contributed by atoms with E-state index in [2.05, 4.69) is 18.5 Å². The SMILES string of the molecule is C=CCN(CC=C)S(=O)(=O)c1ccc(NC(=O)Cc2cccc3ccccc23)cc1. The number of rotatable bonds is 9. The van der Waals surface area contributed by atoms with E-state index >= 15 is 0 Å². The van der Waals surface area contributed by atoms with Crippen LogP contribution in [-0.4, -0.2) is 31.7 Å². The molecule has 1 amide bonds. The van der Waals surface area contributed by atoms with Crippen molar-refractivity contribution in [2.75, 3.05) is 18.4 Å². The summed E-state index contributed by atoms with van der Waals surface area (Å²) in [5.74, 6) is -0.165. The third-order valence-corrected chi connectivity index (χ3v) is 6.52. The van der Waals surface area contributed by atoms with Crippen LogP contribution in [0.3, 0.4) is 0 Å². The molecule has 0 aromatic heterocycles. The predicted octanol–water partition coefficient (Wildman–Crippen LogP) is 4.38. The highest BCUT2D eigenvalue weighted by Gasteiger charge is 2.22. The average Bonchev–Trinajstić information content (AvgIpc) is 2.74. The van der Waals surface area contributed by atoms with Gasteiger partial charge in [0.1, 0.15) is 0 Å². The maximum atomic E-state index is 12.8. The van der Waals surface area contributed by atoms with Gasteiger partial charge in [-0.3, -0.25) is 4.79 Å². The molecule has 5 nitrogen and oxygen atoms in total. The number of sulfonamides is 1. The Bertz CT molecular complexity index is 1150. The number of carbonyl (C=O) groups is 1. The Kier molecular flexibility index (Phi) is 6.82. The van der Waals surface area contributed by atoms with E-state index < -0.39 is 10.0 Å². The molecule has 1 N–H and O–H groups in total. The molecule has 0 fully saturated rings. The Morgan fingerprint density at radius 3 is 2.20 bits per heavy atom. The first-order valence-electron chi connectivity index (χ1n) is 9.54. The van der Waals surface area contributed by atoms with Gasteiger partial charge in [0.05, 0.1) is 11.3 Å². The molecule has 0 saturated heterocycles. The van der Waals surface area contributed by atoms with Crippen molar-refractivity contribution in [3.05, 3.63) is 97.6 Å². The molecule has 0 unspecified atom stereocenters. The minimum absolute atomic E-state index is 0.151. The van der Waals surface area contributed by atoms with Crippen LogP contribution in [0.1, 0.15) is 5.56 Å². The summed E-state index contributed by atoms with van der Waals surface area (Å²) in [4.78, 5) is 12.7. The highest BCUT2D eigenvalue weighted by Crippen LogP contribution is 2.21. The van der Waals surface area contributed by atoms with E-state index in [9.17, 15) is 13.2 Å². The zero-order valence-corrected chi connectivity index (χ0v) is 17.4. The van der Waals surface area contributed by atoms with Gasteiger partial charge in [0.15, 0.2) is 0 Å². The molecule has 0 radical (unpaired) electrons. The number of amides is 1. The Morgan fingerprint density at radius 2 is 1.53 bits per heavy atom. The van der Waals surface area contributed by atoms with Gasteiger partial charge < -0.3 is 5.32 Å². The van der Waals surface area contributed by atoms with Gasteiger partial charge in [-0.15, -0.1) is 13.2 Å². The van der Waals surface area contributed by atoms with E-state index in [1.54, 1.807) is 12.1 Å². The highest BCUT2D eigenvalue weighted by atomic mass is 32.2. The molecule has 0 aliphatic heterocycles. The lowest BCUT2D eigenvalue weighted by molar-refractivity contribution is -0.115. The van der Waals surface area contributed by atoms with Gasteiger partial charge in [-0.2, -0.15) is 4.31 Å². The fourth-order valence-corrected chi connectivity index (χ4v) is 4.62. The van der Waals surface area contributed by atoms with Gasteiger partial charge in [-0.05, 0) is 40.6 Å². The Labute approximate surface area is 177 Å². The van der Waals surface area contributed by atoms with E-state index in [4.69, 9.17) is 0 Å². The molecule has 3 aromatic rings. The molecule has 0 aliphatic carbocycles. The first kappa shape index (κ1) is 21.5. The number of benzene rings is 3. The van der Waals surface area contributed by atoms with Crippen LogP contribution in [0, 0.1) is 0 Å². The third-order valence-electron chi connectivity index (χ3n) is 4.67. The number of hydrogen-bond donors (Lipinski definition) is 1. The number of fused-ring (bicyclic) bond motifs is 1. The molecular formula is C24H24N2O3S. The summed E-state index contributed by atoms with van der Waals surface area (Å²) in [6, 6.07) is 20.0. The standard InChI is InChI=1S/C24H24N2O3S/c1-3-16-26(17-4-2)30(28,29)22-14-12-21(13-15-22)25-24(27)18-20-10-7-9-19-8-5-6-11-23(19)20/h3-15H,1-2,16-18H2,(H,25,27). The molecule has 0 saturated carbocycles. The van der Waals surface area contributed by atoms with Crippen LogP contribution in [0.4, 0.5) is 5.69 Å². The summed E-state index contributed by atoms with van der Waals surface area (Å²) in [6.07, 6.45) is 3.29. The fourth-order valence-electron chi connectivity index (χ4n) is 3.24. The van der Waals surface area contributed by atoms with E-state index in [1.807, 2.05) is 42.5 Å². The number of carbonyl (C=O) groups excluding carboxylic acids is 1. The molecule has 3 rings (SSSR count). The van der Waals surface area contributed by atoms with Gasteiger partial charge >= 0.3 is 0 Å². The first-order chi connectivity index (χ1) is 14.5. The Hall–Kier alpha value is -3.22. The second kappa shape index (κ2) is 9.52. The van der Waals surface area contributed by atoms with Crippen LogP contribution in [0.15, 0.2) is 96.9 Å². The lowest BCUT2D eigenvalue weighted by Crippen LogP contribution is -2.31. The summed E-state index contributed by atoms with van der Waals surface area (Å²) in [5, 5.41) is 4.96. The average molecular weight is 421 g/mol. The molecule has 3 aromatic carbocycles. The quantitative estimate of drug-likeness (QED) is 0.522. The van der Waals surface area contributed by atoms with Crippen molar-refractivity contribution in [3.63, 3.8) is 0 Å². The van der Waals surface area contributed by atoms with Crippen LogP contribution in [0.2, 0.25) is 0 Å². The molecular weight excluding hydrogens is 396 g/mol. The van der Waals surface area contributed by atoms with Crippen molar-refractivity contribution in [1.29, 1.82) is 0 Å². The normalized spacial score (nSPS) is 11.4. The molecule has 0 spiro atoms. The minimum atomic E-state index is -3.67. The van der Waals surface area contributed by atoms with Gasteiger partial charge in [-0.25, -0.2) is 8.42 Å². The maximum Gasteiger partial charge on any atom is 0.243 e. The van der Waals surface area contributed by atoms with Gasteiger partial charge in [0.2, 0.25) is 15.9 Å². The Balaban J connectivity index is 1.73. The number of nitrogens with zero attached hydrogens (tertiary/aromatic N) is 1. The number of hydrogen-bond acceptors (Lipinski definition) is 3. The zero-order chi connectivity index (χ0) is 21.6. The molecule has 0 bridgehead atoms. The summed E-state index contributed by atoms with van der Waals surface area (Å²) in [5.41, 5.74) is 1.48. The topological polar surface area (TPSA) is 66.5 Å². The lowest BCUT2D eigenvalue weighted by atomic mass is 10.0. The van der Waals surface area contributed by atoms with Crippen LogP contribution in [-0.2, 0) is 21.2 Å². The van der Waals surface area contributed by atoms with E-state index in [0.29, 0.717) is 5.69 Å². The Morgan fingerprint density at radius 1 is 0.900 bits per heavy atom. The van der Waals surface area contributed by atoms with Gasteiger partial charge in [-0.1, -0.05) is 54.6 Å². The third kappa shape index (κ3) is 4.84. The molecule has 154 valence electrons. The minimum Gasteiger partial charge on any atom is -0.326 e. The van der Waals surface area contributed by atoms with Crippen LogP contribution >= 0.6 is 0 Å². The molecule has 0 aliphatic rings. The lowest BCUT2D eigenvalue weighted by Gasteiger charge is -2.19. The molecule has 30 heavy (non-hydrogen) atoms. The summed E-state index contributed by atoms with van der Waals surface area (Å²) in [6.45, 7) is 7.59. The van der Waals surface area contributed by atoms with Crippen LogP contribution in [0.25, 0.3) is 10.8 Å². The van der Waals surface area contributed by atoms with E-state index in [1.165, 1.54) is 28.6 Å². The summed E-state index contributed by atoms with van der Waals surface area (Å²) >= 11 is 0. The number of anilines is 1. The van der Waals surface area contributed by atoms with Crippen LogP contribution < -0.4 is 5.32 Å². The molecule has 6 heteroatoms. The van der Waals surface area contributed by atoms with E-state index in [0.717, 1.165) is 16.3 Å². The van der Waals surface area contributed by atoms with Gasteiger partial charge in [0.25, 0.3) is 0 Å². The van der Waals surface area contributed by atoms with Crippen molar-refractivity contribution in [1.82, 2.24) is 4.31 Å². The van der Waals surface area contributed by atoms with Crippen LogP contribution in [0.5, 0.6) is 0 Å². The summed E-state index contributed by atoms with van der Waals surface area (Å²) in [7, 11) is -3.67. The van der Waals surface area contributed by atoms with Gasteiger partial charge in [0, 0.05) is 18.8 Å². The predicted molar refractivity (Wildman–Crippen MR) is 122 cm³/mol. The highest BCUT2D eigenvalue weighted by molar-refractivity contribution is 7.89. The molecule has 0 heterocycles. The zero-order valence-electron chi connectivity index (χ0n) is 16.6. The van der Waals surface area contributed by atoms with Crippen molar-refractivity contribution >= 4 is 32.4 Å². The molecule has 0 atom stereocenters. The van der Waals surface area contributed by atoms with Crippen molar-refractivity contribution in [3.8, 4) is 0 Å². The number of nitrogens with one attached hydrogen (secondary N) is 1. The second-order valence-electron chi connectivity index (χ2n) is 6.79. The van der Waals surface area contributed by atoms with Crippen molar-refractivity contribution < 1.29 is 13.2 Å². The van der Waals surface area contributed by atoms with Crippen molar-refractivity contribution in [2.24, 2.45) is 0 Å². The first-order valence-corrected chi connectivity index (χ1v) is 11.0. The van der Waals surface area contributed by atoms with E-state index in [-0.39, 0.29) is 30.3 Å². The summed E-state index contributed by atoms with van der Waals surface area (Å²) < 4.78 is 26.8. The largest absolute Gasteiger partial charge is 0.326 e. The fraction of sp³-hybridized carbons (Fsp3) is 0.125. The smallest absolute Gasteiger partial charge is 0.243 e. The maximum absolute atomic E-state index is 12.8. The van der Waals surface area contributed by atoms with Crippen molar-refractivity contribution in [2.45, 2.75) is 11.3 Å².